The molecule has 7 heteroatoms. The minimum atomic E-state index is 0.00451. The predicted octanol–water partition coefficient (Wildman–Crippen LogP) is 1.78. The lowest BCUT2D eigenvalue weighted by atomic mass is 10.1. The Hall–Kier alpha value is -1.86. The van der Waals surface area contributed by atoms with Crippen molar-refractivity contribution in [2.45, 2.75) is 25.8 Å². The molecule has 23 heavy (non-hydrogen) atoms. The zero-order chi connectivity index (χ0) is 16.5. The summed E-state index contributed by atoms with van der Waals surface area (Å²) >= 11 is 1.61. The molecule has 1 aromatic heterocycles. The maximum atomic E-state index is 11.9. The van der Waals surface area contributed by atoms with Crippen molar-refractivity contribution >= 4 is 17.7 Å². The van der Waals surface area contributed by atoms with Gasteiger partial charge in [0.15, 0.2) is 5.82 Å². The number of hydrogen-bond acceptors (Lipinski definition) is 5. The van der Waals surface area contributed by atoms with E-state index in [0.29, 0.717) is 25.4 Å². The van der Waals surface area contributed by atoms with Crippen LogP contribution in [0.15, 0.2) is 30.6 Å². The van der Waals surface area contributed by atoms with Crippen LogP contribution in [0.5, 0.6) is 0 Å². The molecule has 0 spiro atoms. The van der Waals surface area contributed by atoms with Crippen molar-refractivity contribution < 1.29 is 9.53 Å². The molecule has 0 aliphatic carbocycles. The number of hydrogen-bond donors (Lipinski definition) is 1. The molecule has 1 N–H and O–H groups in total. The number of ether oxygens (including phenoxy) is 1. The van der Waals surface area contributed by atoms with E-state index in [4.69, 9.17) is 4.74 Å². The van der Waals surface area contributed by atoms with Gasteiger partial charge in [-0.3, -0.25) is 4.79 Å². The van der Waals surface area contributed by atoms with E-state index < -0.39 is 0 Å². The number of aromatic nitrogens is 3. The van der Waals surface area contributed by atoms with E-state index in [2.05, 4.69) is 34.6 Å². The maximum Gasteiger partial charge on any atom is 0.230 e. The molecule has 0 saturated heterocycles. The molecule has 1 amide bonds. The largest absolute Gasteiger partial charge is 0.383 e. The lowest BCUT2D eigenvalue weighted by Gasteiger charge is -2.08. The second-order valence-electron chi connectivity index (χ2n) is 5.13. The Morgan fingerprint density at radius 1 is 1.39 bits per heavy atom. The summed E-state index contributed by atoms with van der Waals surface area (Å²) < 4.78 is 6.91. The summed E-state index contributed by atoms with van der Waals surface area (Å²) in [5.41, 5.74) is 2.52. The Kier molecular flexibility index (Phi) is 7.09. The van der Waals surface area contributed by atoms with E-state index in [1.807, 2.05) is 16.7 Å². The number of carbonyl (C=O) groups excluding carboxylic acids is 1. The highest BCUT2D eigenvalue weighted by Crippen LogP contribution is 2.15. The second-order valence-corrected chi connectivity index (χ2v) is 6.11. The molecule has 1 aromatic carbocycles. The molecule has 0 atom stereocenters. The number of thioether (sulfide) groups is 1. The Morgan fingerprint density at radius 3 is 3.00 bits per heavy atom. The number of benzene rings is 1. The first-order chi connectivity index (χ1) is 11.2. The minimum absolute atomic E-state index is 0.00451. The van der Waals surface area contributed by atoms with Gasteiger partial charge in [0.1, 0.15) is 6.33 Å². The molecule has 2 rings (SSSR count). The standard InChI is InChI=1S/C16H22N4O2S/c1-13-5-3-4-6-14(13)10-23-11-16(21)17-9-15-19-18-12-20(15)7-8-22-2/h3-6,12H,7-11H2,1-2H3,(H,17,21). The molecule has 6 nitrogen and oxygen atoms in total. The monoisotopic (exact) mass is 334 g/mol. The van der Waals surface area contributed by atoms with Gasteiger partial charge in [-0.2, -0.15) is 0 Å². The summed E-state index contributed by atoms with van der Waals surface area (Å²) in [6.07, 6.45) is 1.65. The van der Waals surface area contributed by atoms with Crippen LogP contribution in [0.4, 0.5) is 0 Å². The first kappa shape index (κ1) is 17.5. The van der Waals surface area contributed by atoms with Crippen LogP contribution in [-0.4, -0.2) is 40.1 Å². The minimum Gasteiger partial charge on any atom is -0.383 e. The molecule has 0 saturated carbocycles. The summed E-state index contributed by atoms with van der Waals surface area (Å²) in [6.45, 7) is 3.73. The summed E-state index contributed by atoms with van der Waals surface area (Å²) in [7, 11) is 1.65. The van der Waals surface area contributed by atoms with Crippen LogP contribution in [0.25, 0.3) is 0 Å². The fraction of sp³-hybridized carbons (Fsp3) is 0.438. The normalized spacial score (nSPS) is 10.7. The van der Waals surface area contributed by atoms with Crippen LogP contribution in [0.1, 0.15) is 17.0 Å². The fourth-order valence-electron chi connectivity index (χ4n) is 2.05. The van der Waals surface area contributed by atoms with E-state index in [1.54, 1.807) is 25.2 Å². The van der Waals surface area contributed by atoms with Gasteiger partial charge in [-0.05, 0) is 18.1 Å². The van der Waals surface area contributed by atoms with Gasteiger partial charge >= 0.3 is 0 Å². The Bertz CT molecular complexity index is 630. The number of aryl methyl sites for hydroxylation is 1. The quantitative estimate of drug-likeness (QED) is 0.757. The average Bonchev–Trinajstić information content (AvgIpc) is 3.00. The van der Waals surface area contributed by atoms with Crippen LogP contribution >= 0.6 is 11.8 Å². The zero-order valence-electron chi connectivity index (χ0n) is 13.5. The van der Waals surface area contributed by atoms with Crippen LogP contribution in [-0.2, 0) is 28.4 Å². The maximum absolute atomic E-state index is 11.9. The summed E-state index contributed by atoms with van der Waals surface area (Å²) in [5.74, 6) is 2.01. The highest BCUT2D eigenvalue weighted by Gasteiger charge is 2.07. The summed E-state index contributed by atoms with van der Waals surface area (Å²) in [5, 5.41) is 10.8. The third-order valence-corrected chi connectivity index (χ3v) is 4.41. The highest BCUT2D eigenvalue weighted by molar-refractivity contribution is 7.99. The lowest BCUT2D eigenvalue weighted by molar-refractivity contribution is -0.118. The van der Waals surface area contributed by atoms with Crippen molar-refractivity contribution in [3.05, 3.63) is 47.5 Å². The van der Waals surface area contributed by atoms with Gasteiger partial charge in [0, 0.05) is 19.4 Å². The van der Waals surface area contributed by atoms with Crippen LogP contribution in [0.2, 0.25) is 0 Å². The molecule has 0 aliphatic heterocycles. The van der Waals surface area contributed by atoms with Crippen molar-refractivity contribution in [3.63, 3.8) is 0 Å². The van der Waals surface area contributed by atoms with Gasteiger partial charge in [-0.15, -0.1) is 22.0 Å². The van der Waals surface area contributed by atoms with Gasteiger partial charge < -0.3 is 14.6 Å². The second kappa shape index (κ2) is 9.32. The molecule has 124 valence electrons. The van der Waals surface area contributed by atoms with Gasteiger partial charge in [0.05, 0.1) is 18.9 Å². The Balaban J connectivity index is 1.71. The first-order valence-electron chi connectivity index (χ1n) is 7.45. The van der Waals surface area contributed by atoms with Gasteiger partial charge in [-0.1, -0.05) is 24.3 Å². The lowest BCUT2D eigenvalue weighted by Crippen LogP contribution is -2.26. The summed E-state index contributed by atoms with van der Waals surface area (Å²) in [6, 6.07) is 8.23. The van der Waals surface area contributed by atoms with Crippen LogP contribution in [0, 0.1) is 6.92 Å². The first-order valence-corrected chi connectivity index (χ1v) is 8.60. The molecular weight excluding hydrogens is 312 g/mol. The van der Waals surface area contributed by atoms with E-state index in [-0.39, 0.29) is 5.91 Å². The van der Waals surface area contributed by atoms with Crippen molar-refractivity contribution in [2.75, 3.05) is 19.5 Å². The SMILES string of the molecule is COCCn1cnnc1CNC(=O)CSCc1ccccc1C. The van der Waals surface area contributed by atoms with Gasteiger partial charge in [-0.25, -0.2) is 0 Å². The van der Waals surface area contributed by atoms with Crippen molar-refractivity contribution in [1.29, 1.82) is 0 Å². The number of rotatable bonds is 9. The third-order valence-electron chi connectivity index (χ3n) is 3.43. The zero-order valence-corrected chi connectivity index (χ0v) is 14.3. The molecule has 0 fully saturated rings. The molecule has 0 aliphatic rings. The molecule has 0 radical (unpaired) electrons. The van der Waals surface area contributed by atoms with E-state index in [1.165, 1.54) is 11.1 Å². The smallest absolute Gasteiger partial charge is 0.230 e. The number of amides is 1. The van der Waals surface area contributed by atoms with Gasteiger partial charge in [0.2, 0.25) is 5.91 Å². The number of nitrogens with zero attached hydrogens (tertiary/aromatic N) is 3. The average molecular weight is 334 g/mol. The Labute approximate surface area is 140 Å². The van der Waals surface area contributed by atoms with Crippen molar-refractivity contribution in [3.8, 4) is 0 Å². The van der Waals surface area contributed by atoms with Crippen LogP contribution in [0.3, 0.4) is 0 Å². The number of carbonyl (C=O) groups is 1. The fourth-order valence-corrected chi connectivity index (χ4v) is 2.98. The van der Waals surface area contributed by atoms with Gasteiger partial charge in [0.25, 0.3) is 0 Å². The van der Waals surface area contributed by atoms with Crippen LogP contribution < -0.4 is 5.32 Å². The van der Waals surface area contributed by atoms with E-state index in [0.717, 1.165) is 11.6 Å². The van der Waals surface area contributed by atoms with E-state index >= 15 is 0 Å². The molecule has 2 aromatic rings. The van der Waals surface area contributed by atoms with E-state index in [9.17, 15) is 4.79 Å². The topological polar surface area (TPSA) is 69.0 Å². The molecule has 0 bridgehead atoms. The Morgan fingerprint density at radius 2 is 2.22 bits per heavy atom. The third kappa shape index (κ3) is 5.69. The van der Waals surface area contributed by atoms with Crippen molar-refractivity contribution in [1.82, 2.24) is 20.1 Å². The predicted molar refractivity (Wildman–Crippen MR) is 91.1 cm³/mol. The molecule has 1 heterocycles. The van der Waals surface area contributed by atoms with Crippen molar-refractivity contribution in [2.24, 2.45) is 0 Å². The molecular formula is C16H22N4O2S. The number of nitrogens with one attached hydrogen (secondary N) is 1. The molecule has 0 unspecified atom stereocenters. The number of methoxy groups -OCH3 is 1. The highest BCUT2D eigenvalue weighted by atomic mass is 32.2. The summed E-state index contributed by atoms with van der Waals surface area (Å²) in [4.78, 5) is 11.9.